The second-order valence-corrected chi connectivity index (χ2v) is 7.01. The quantitative estimate of drug-likeness (QED) is 0.812. The van der Waals surface area contributed by atoms with Gasteiger partial charge in [-0.1, -0.05) is 81.3 Å². The van der Waals surface area contributed by atoms with Gasteiger partial charge in [-0.3, -0.25) is 0 Å². The van der Waals surface area contributed by atoms with Crippen molar-refractivity contribution in [2.24, 2.45) is 11.1 Å². The molecule has 0 bridgehead atoms. The minimum atomic E-state index is -0.194. The first-order valence-corrected chi connectivity index (χ1v) is 7.98. The highest BCUT2D eigenvalue weighted by Gasteiger charge is 2.44. The van der Waals surface area contributed by atoms with Crippen molar-refractivity contribution in [2.75, 3.05) is 0 Å². The third-order valence-corrected chi connectivity index (χ3v) is 5.34. The maximum Gasteiger partial charge on any atom is 0.0461 e. The van der Waals surface area contributed by atoms with Gasteiger partial charge in [0.05, 0.1) is 0 Å². The second-order valence-electron chi connectivity index (χ2n) is 7.01. The van der Waals surface area contributed by atoms with Crippen LogP contribution in [0.5, 0.6) is 0 Å². The van der Waals surface area contributed by atoms with Crippen molar-refractivity contribution in [3.63, 3.8) is 0 Å². The summed E-state index contributed by atoms with van der Waals surface area (Å²) in [6.45, 7) is 4.63. The van der Waals surface area contributed by atoms with Gasteiger partial charge >= 0.3 is 0 Å². The van der Waals surface area contributed by atoms with E-state index >= 15 is 0 Å². The summed E-state index contributed by atoms with van der Waals surface area (Å²) in [5.74, 6) is 0. The Bertz CT molecular complexity index is 597. The van der Waals surface area contributed by atoms with Crippen LogP contribution in [0.15, 0.2) is 54.6 Å². The first-order chi connectivity index (χ1) is 10.0. The summed E-state index contributed by atoms with van der Waals surface area (Å²) in [6, 6.07) is 19.4. The van der Waals surface area contributed by atoms with Gasteiger partial charge < -0.3 is 5.73 Å². The molecule has 3 rings (SSSR count). The Morgan fingerprint density at radius 1 is 0.762 bits per heavy atom. The fourth-order valence-corrected chi connectivity index (χ4v) is 3.66. The number of rotatable bonds is 2. The molecule has 0 spiro atoms. The molecule has 1 fully saturated rings. The van der Waals surface area contributed by atoms with E-state index in [2.05, 4.69) is 68.4 Å². The van der Waals surface area contributed by atoms with E-state index in [1.54, 1.807) is 0 Å². The Kier molecular flexibility index (Phi) is 3.62. The number of benzene rings is 2. The number of hydrogen-bond donors (Lipinski definition) is 1. The van der Waals surface area contributed by atoms with Gasteiger partial charge in [0.1, 0.15) is 0 Å². The van der Waals surface area contributed by atoms with Gasteiger partial charge in [0.2, 0.25) is 0 Å². The van der Waals surface area contributed by atoms with Crippen LogP contribution in [0.4, 0.5) is 0 Å². The Hall–Kier alpha value is -1.60. The SMILES string of the molecule is CC1(C)CCCCC1(N)c1ccc(-c2ccccc2)cc1. The fraction of sp³-hybridized carbons (Fsp3) is 0.400. The molecule has 21 heavy (non-hydrogen) atoms. The fourth-order valence-electron chi connectivity index (χ4n) is 3.66. The molecule has 0 aromatic heterocycles. The predicted molar refractivity (Wildman–Crippen MR) is 90.0 cm³/mol. The summed E-state index contributed by atoms with van der Waals surface area (Å²) in [5.41, 5.74) is 10.6. The van der Waals surface area contributed by atoms with Crippen LogP contribution < -0.4 is 5.73 Å². The molecular weight excluding hydrogens is 254 g/mol. The van der Waals surface area contributed by atoms with Crippen molar-refractivity contribution in [1.82, 2.24) is 0 Å². The van der Waals surface area contributed by atoms with Gasteiger partial charge in [-0.25, -0.2) is 0 Å². The smallest absolute Gasteiger partial charge is 0.0461 e. The first-order valence-electron chi connectivity index (χ1n) is 7.98. The van der Waals surface area contributed by atoms with Gasteiger partial charge in [-0.15, -0.1) is 0 Å². The van der Waals surface area contributed by atoms with Crippen molar-refractivity contribution >= 4 is 0 Å². The normalized spacial score (nSPS) is 24.7. The first kappa shape index (κ1) is 14.3. The lowest BCUT2D eigenvalue weighted by Crippen LogP contribution is -2.51. The molecule has 1 heteroatoms. The summed E-state index contributed by atoms with van der Waals surface area (Å²) in [5, 5.41) is 0. The van der Waals surface area contributed by atoms with Crippen LogP contribution >= 0.6 is 0 Å². The molecule has 2 N–H and O–H groups in total. The van der Waals surface area contributed by atoms with Crippen molar-refractivity contribution in [3.05, 3.63) is 60.2 Å². The van der Waals surface area contributed by atoms with Gasteiger partial charge in [0.15, 0.2) is 0 Å². The van der Waals surface area contributed by atoms with Crippen molar-refractivity contribution in [2.45, 2.75) is 45.1 Å². The van der Waals surface area contributed by atoms with Crippen molar-refractivity contribution in [1.29, 1.82) is 0 Å². The van der Waals surface area contributed by atoms with E-state index in [-0.39, 0.29) is 11.0 Å². The minimum Gasteiger partial charge on any atom is -0.321 e. The zero-order valence-corrected chi connectivity index (χ0v) is 13.1. The van der Waals surface area contributed by atoms with Crippen LogP contribution in [0, 0.1) is 5.41 Å². The molecule has 1 unspecified atom stereocenters. The Balaban J connectivity index is 1.94. The molecular formula is C20H25N. The second kappa shape index (κ2) is 5.31. The Morgan fingerprint density at radius 2 is 1.33 bits per heavy atom. The molecule has 2 aromatic rings. The van der Waals surface area contributed by atoms with E-state index in [4.69, 9.17) is 5.73 Å². The van der Waals surface area contributed by atoms with Crippen LogP contribution in [0.1, 0.15) is 45.1 Å². The van der Waals surface area contributed by atoms with Crippen LogP contribution in [-0.2, 0) is 5.54 Å². The minimum absolute atomic E-state index is 0.166. The highest BCUT2D eigenvalue weighted by Crippen LogP contribution is 2.48. The van der Waals surface area contributed by atoms with Crippen LogP contribution in [-0.4, -0.2) is 0 Å². The highest BCUT2D eigenvalue weighted by atomic mass is 14.8. The van der Waals surface area contributed by atoms with E-state index in [1.165, 1.54) is 36.0 Å². The third kappa shape index (κ3) is 2.51. The number of hydrogen-bond acceptors (Lipinski definition) is 1. The highest BCUT2D eigenvalue weighted by molar-refractivity contribution is 5.63. The van der Waals surface area contributed by atoms with Crippen LogP contribution in [0.2, 0.25) is 0 Å². The van der Waals surface area contributed by atoms with Gasteiger partial charge in [-0.05, 0) is 34.9 Å². The van der Waals surface area contributed by atoms with E-state index in [9.17, 15) is 0 Å². The summed E-state index contributed by atoms with van der Waals surface area (Å²) >= 11 is 0. The maximum atomic E-state index is 6.85. The predicted octanol–water partition coefficient (Wildman–Crippen LogP) is 5.11. The summed E-state index contributed by atoms with van der Waals surface area (Å²) in [4.78, 5) is 0. The molecule has 0 saturated heterocycles. The standard InChI is InChI=1S/C20H25N/c1-19(2)14-6-7-15-20(19,21)18-12-10-17(11-13-18)16-8-4-3-5-9-16/h3-5,8-13H,6-7,14-15,21H2,1-2H3. The summed E-state index contributed by atoms with van der Waals surface area (Å²) in [6.07, 6.45) is 4.84. The van der Waals surface area contributed by atoms with E-state index in [1.807, 2.05) is 0 Å². The van der Waals surface area contributed by atoms with E-state index < -0.39 is 0 Å². The average Bonchev–Trinajstić information content (AvgIpc) is 2.51. The molecule has 0 amide bonds. The Morgan fingerprint density at radius 3 is 1.95 bits per heavy atom. The zero-order chi connectivity index (χ0) is 14.9. The zero-order valence-electron chi connectivity index (χ0n) is 13.1. The molecule has 1 aliphatic rings. The van der Waals surface area contributed by atoms with Gasteiger partial charge in [0, 0.05) is 5.54 Å². The van der Waals surface area contributed by atoms with E-state index in [0.29, 0.717) is 0 Å². The third-order valence-electron chi connectivity index (χ3n) is 5.34. The van der Waals surface area contributed by atoms with Crippen LogP contribution in [0.25, 0.3) is 11.1 Å². The number of nitrogens with two attached hydrogens (primary N) is 1. The lowest BCUT2D eigenvalue weighted by Gasteiger charge is -2.48. The topological polar surface area (TPSA) is 26.0 Å². The molecule has 0 heterocycles. The summed E-state index contributed by atoms with van der Waals surface area (Å²) < 4.78 is 0. The monoisotopic (exact) mass is 279 g/mol. The molecule has 1 saturated carbocycles. The molecule has 0 radical (unpaired) electrons. The molecule has 1 aliphatic carbocycles. The van der Waals surface area contributed by atoms with E-state index in [0.717, 1.165) is 6.42 Å². The molecule has 1 atom stereocenters. The largest absolute Gasteiger partial charge is 0.321 e. The molecule has 1 nitrogen and oxygen atoms in total. The Labute approximate surface area is 128 Å². The molecule has 110 valence electrons. The lowest BCUT2D eigenvalue weighted by atomic mass is 9.61. The van der Waals surface area contributed by atoms with Crippen LogP contribution in [0.3, 0.4) is 0 Å². The van der Waals surface area contributed by atoms with Crippen molar-refractivity contribution in [3.8, 4) is 11.1 Å². The van der Waals surface area contributed by atoms with Gasteiger partial charge in [0.25, 0.3) is 0 Å². The lowest BCUT2D eigenvalue weighted by molar-refractivity contribution is 0.0979. The van der Waals surface area contributed by atoms with Crippen molar-refractivity contribution < 1.29 is 0 Å². The average molecular weight is 279 g/mol. The van der Waals surface area contributed by atoms with Gasteiger partial charge in [-0.2, -0.15) is 0 Å². The maximum absolute atomic E-state index is 6.85. The molecule has 2 aromatic carbocycles. The molecule has 0 aliphatic heterocycles. The summed E-state index contributed by atoms with van der Waals surface area (Å²) in [7, 11) is 0.